The van der Waals surface area contributed by atoms with E-state index in [1.54, 1.807) is 0 Å². The number of hydrogen-bond donors (Lipinski definition) is 1. The Labute approximate surface area is 125 Å². The van der Waals surface area contributed by atoms with Gasteiger partial charge < -0.3 is 10.6 Å². The van der Waals surface area contributed by atoms with E-state index in [-0.39, 0.29) is 0 Å². The minimum atomic E-state index is 0.381. The maximum atomic E-state index is 5.67. The Balaban J connectivity index is 2.12. The lowest BCUT2D eigenvalue weighted by Gasteiger charge is -2.18. The highest BCUT2D eigenvalue weighted by molar-refractivity contribution is 7.80. The first-order chi connectivity index (χ1) is 9.47. The monoisotopic (exact) mass is 288 g/mol. The average molecular weight is 288 g/mol. The maximum Gasteiger partial charge on any atom is 0.104 e. The molecule has 20 heavy (non-hydrogen) atoms. The Morgan fingerprint density at radius 2 is 2.15 bits per heavy atom. The topological polar surface area (TPSA) is 47.1 Å². The second-order valence-corrected chi connectivity index (χ2v) is 5.59. The maximum absolute atomic E-state index is 5.67. The molecular weight excluding hydrogens is 268 g/mol. The summed E-state index contributed by atoms with van der Waals surface area (Å²) in [6.07, 6.45) is 2.01. The predicted molar refractivity (Wildman–Crippen MR) is 87.0 cm³/mol. The molecule has 0 atom stereocenters. The number of aromatic nitrogens is 2. The quantitative estimate of drug-likeness (QED) is 0.859. The van der Waals surface area contributed by atoms with Gasteiger partial charge in [0.1, 0.15) is 4.99 Å². The zero-order valence-electron chi connectivity index (χ0n) is 12.1. The van der Waals surface area contributed by atoms with Gasteiger partial charge in [0.05, 0.1) is 12.2 Å². The second kappa shape index (κ2) is 6.05. The van der Waals surface area contributed by atoms with E-state index in [0.29, 0.717) is 11.0 Å². The molecule has 1 heterocycles. The summed E-state index contributed by atoms with van der Waals surface area (Å²) in [5.74, 6) is 0. The van der Waals surface area contributed by atoms with Crippen molar-refractivity contribution in [3.05, 3.63) is 47.8 Å². The van der Waals surface area contributed by atoms with Crippen molar-refractivity contribution < 1.29 is 0 Å². The molecule has 0 unspecified atom stereocenters. The van der Waals surface area contributed by atoms with Gasteiger partial charge in [0.25, 0.3) is 0 Å². The van der Waals surface area contributed by atoms with Crippen LogP contribution in [0.3, 0.4) is 0 Å². The second-order valence-electron chi connectivity index (χ2n) is 5.15. The van der Waals surface area contributed by atoms with Gasteiger partial charge >= 0.3 is 0 Å². The molecule has 0 fully saturated rings. The van der Waals surface area contributed by atoms with E-state index < -0.39 is 0 Å². The van der Waals surface area contributed by atoms with Gasteiger partial charge in [-0.1, -0.05) is 24.4 Å². The van der Waals surface area contributed by atoms with Crippen LogP contribution in [0.1, 0.15) is 31.1 Å². The first kappa shape index (κ1) is 14.5. The molecule has 0 aliphatic rings. The molecule has 1 aromatic heterocycles. The number of benzene rings is 1. The van der Waals surface area contributed by atoms with E-state index in [9.17, 15) is 0 Å². The summed E-state index contributed by atoms with van der Waals surface area (Å²) in [5, 5.41) is 4.56. The summed E-state index contributed by atoms with van der Waals surface area (Å²) in [5.41, 5.74) is 8.68. The third kappa shape index (κ3) is 3.36. The number of nitrogens with two attached hydrogens (primary N) is 1. The molecule has 4 nitrogen and oxygen atoms in total. The van der Waals surface area contributed by atoms with Crippen LogP contribution in [0.25, 0.3) is 0 Å². The summed E-state index contributed by atoms with van der Waals surface area (Å²) >= 11 is 5.01. The molecule has 0 bridgehead atoms. The summed E-state index contributed by atoms with van der Waals surface area (Å²) in [7, 11) is 2.03. The largest absolute Gasteiger partial charge is 0.389 e. The van der Waals surface area contributed by atoms with Gasteiger partial charge in [-0.25, -0.2) is 0 Å². The molecule has 0 spiro atoms. The van der Waals surface area contributed by atoms with Crippen molar-refractivity contribution in [3.63, 3.8) is 0 Å². The number of nitrogens with zero attached hydrogens (tertiary/aromatic N) is 3. The summed E-state index contributed by atoms with van der Waals surface area (Å²) in [6, 6.07) is 10.4. The molecule has 0 radical (unpaired) electrons. The molecule has 106 valence electrons. The molecule has 0 saturated carbocycles. The van der Waals surface area contributed by atoms with E-state index >= 15 is 0 Å². The fraction of sp³-hybridized carbons (Fsp3) is 0.333. The van der Waals surface area contributed by atoms with Gasteiger partial charge in [0.15, 0.2) is 0 Å². The third-order valence-corrected chi connectivity index (χ3v) is 3.40. The molecule has 0 aliphatic carbocycles. The molecule has 5 heteroatoms. The van der Waals surface area contributed by atoms with E-state index in [4.69, 9.17) is 18.0 Å². The normalized spacial score (nSPS) is 10.8. The Hall–Kier alpha value is -1.88. The highest BCUT2D eigenvalue weighted by atomic mass is 32.1. The summed E-state index contributed by atoms with van der Waals surface area (Å²) in [4.78, 5) is 2.55. The lowest BCUT2D eigenvalue weighted by Crippen LogP contribution is -2.18. The van der Waals surface area contributed by atoms with Gasteiger partial charge in [-0.15, -0.1) is 0 Å². The number of rotatable bonds is 5. The van der Waals surface area contributed by atoms with Gasteiger partial charge in [-0.2, -0.15) is 5.10 Å². The number of thiocarbonyl (C=S) groups is 1. The van der Waals surface area contributed by atoms with Crippen molar-refractivity contribution in [2.45, 2.75) is 26.4 Å². The van der Waals surface area contributed by atoms with Gasteiger partial charge in [-0.3, -0.25) is 4.68 Å². The SMILES string of the molecule is CC(C)n1ccc(CN(C)c2cccc(C(N)=S)c2)n1. The van der Waals surface area contributed by atoms with Crippen molar-refractivity contribution in [2.75, 3.05) is 11.9 Å². The minimum Gasteiger partial charge on any atom is -0.389 e. The predicted octanol–water partition coefficient (Wildman–Crippen LogP) is 2.73. The fourth-order valence-corrected chi connectivity index (χ4v) is 2.11. The fourth-order valence-electron chi connectivity index (χ4n) is 1.98. The third-order valence-electron chi connectivity index (χ3n) is 3.16. The van der Waals surface area contributed by atoms with Gasteiger partial charge in [0.2, 0.25) is 0 Å². The first-order valence-corrected chi connectivity index (χ1v) is 7.03. The first-order valence-electron chi connectivity index (χ1n) is 6.62. The Morgan fingerprint density at radius 3 is 2.75 bits per heavy atom. The molecular formula is C15H20N4S. The van der Waals surface area contributed by atoms with Crippen molar-refractivity contribution in [1.82, 2.24) is 9.78 Å². The van der Waals surface area contributed by atoms with Crippen molar-refractivity contribution in [1.29, 1.82) is 0 Å². The Bertz CT molecular complexity index is 603. The van der Waals surface area contributed by atoms with Crippen LogP contribution in [0.4, 0.5) is 5.69 Å². The van der Waals surface area contributed by atoms with Gasteiger partial charge in [-0.05, 0) is 32.0 Å². The van der Waals surface area contributed by atoms with E-state index in [1.807, 2.05) is 48.3 Å². The van der Waals surface area contributed by atoms with Crippen LogP contribution in [0, 0.1) is 0 Å². The standard InChI is InChI=1S/C15H20N4S/c1-11(2)19-8-7-13(17-19)10-18(3)14-6-4-5-12(9-14)15(16)20/h4-9,11H,10H2,1-3H3,(H2,16,20). The highest BCUT2D eigenvalue weighted by Gasteiger charge is 2.07. The van der Waals surface area contributed by atoms with Crippen LogP contribution in [-0.4, -0.2) is 21.8 Å². The zero-order valence-corrected chi connectivity index (χ0v) is 12.9. The molecule has 2 N–H and O–H groups in total. The molecule has 0 amide bonds. The molecule has 2 aromatic rings. The van der Waals surface area contributed by atoms with Crippen molar-refractivity contribution >= 4 is 22.9 Å². The van der Waals surface area contributed by atoms with Crippen LogP contribution >= 0.6 is 12.2 Å². The molecule has 0 saturated heterocycles. The smallest absolute Gasteiger partial charge is 0.104 e. The Morgan fingerprint density at radius 1 is 1.40 bits per heavy atom. The molecule has 2 rings (SSSR count). The molecule has 1 aromatic carbocycles. The average Bonchev–Trinajstić information content (AvgIpc) is 2.87. The number of anilines is 1. The lowest BCUT2D eigenvalue weighted by atomic mass is 10.2. The van der Waals surface area contributed by atoms with E-state index in [2.05, 4.69) is 23.8 Å². The van der Waals surface area contributed by atoms with Crippen LogP contribution in [0.2, 0.25) is 0 Å². The van der Waals surface area contributed by atoms with Crippen molar-refractivity contribution in [3.8, 4) is 0 Å². The Kier molecular flexibility index (Phi) is 4.39. The van der Waals surface area contributed by atoms with Crippen LogP contribution in [0.15, 0.2) is 36.5 Å². The van der Waals surface area contributed by atoms with Gasteiger partial charge in [0, 0.05) is 30.5 Å². The summed E-state index contributed by atoms with van der Waals surface area (Å²) in [6.45, 7) is 4.98. The van der Waals surface area contributed by atoms with Crippen LogP contribution < -0.4 is 10.6 Å². The van der Waals surface area contributed by atoms with Crippen molar-refractivity contribution in [2.24, 2.45) is 5.73 Å². The lowest BCUT2D eigenvalue weighted by molar-refractivity contribution is 0.526. The number of hydrogen-bond acceptors (Lipinski definition) is 3. The summed E-state index contributed by atoms with van der Waals surface area (Å²) < 4.78 is 1.97. The van der Waals surface area contributed by atoms with E-state index in [1.165, 1.54) is 0 Å². The highest BCUT2D eigenvalue weighted by Crippen LogP contribution is 2.17. The van der Waals surface area contributed by atoms with Crippen LogP contribution in [-0.2, 0) is 6.54 Å². The molecule has 0 aliphatic heterocycles. The van der Waals surface area contributed by atoms with Crippen LogP contribution in [0.5, 0.6) is 0 Å². The van der Waals surface area contributed by atoms with E-state index in [0.717, 1.165) is 23.5 Å². The minimum absolute atomic E-state index is 0.381. The zero-order chi connectivity index (χ0) is 14.7.